The van der Waals surface area contributed by atoms with E-state index in [0.717, 1.165) is 34.3 Å². The van der Waals surface area contributed by atoms with Crippen molar-refractivity contribution in [1.29, 1.82) is 5.26 Å². The number of fused-ring (bicyclic) bond motifs is 1. The number of hydrogen-bond acceptors (Lipinski definition) is 6. The van der Waals surface area contributed by atoms with Gasteiger partial charge in [0.05, 0.1) is 21.0 Å². The fraction of sp³-hybridized carbons (Fsp3) is 0.300. The van der Waals surface area contributed by atoms with Gasteiger partial charge in [0.15, 0.2) is 5.13 Å². The van der Waals surface area contributed by atoms with Gasteiger partial charge in [-0.05, 0) is 50.1 Å². The first kappa shape index (κ1) is 19.3. The summed E-state index contributed by atoms with van der Waals surface area (Å²) in [6, 6.07) is 11.8. The second-order valence-electron chi connectivity index (χ2n) is 6.26. The number of nitrogens with zero attached hydrogens (tertiary/aromatic N) is 3. The van der Waals surface area contributed by atoms with Gasteiger partial charge in [-0.3, -0.25) is 4.79 Å². The van der Waals surface area contributed by atoms with Gasteiger partial charge in [0, 0.05) is 5.69 Å². The number of carbonyl (C=O) groups excluding carboxylic acids is 1. The summed E-state index contributed by atoms with van der Waals surface area (Å²) in [6.45, 7) is 5.93. The summed E-state index contributed by atoms with van der Waals surface area (Å²) < 4.78 is 1.05. The number of nitrogens with one attached hydrogen (secondary N) is 1. The van der Waals surface area contributed by atoms with Crippen LogP contribution in [0.4, 0.5) is 5.13 Å². The maximum absolute atomic E-state index is 12.6. The second-order valence-corrected chi connectivity index (χ2v) is 8.62. The molecule has 0 aliphatic heterocycles. The SMILES string of the molecule is CCCc1ccc(C#N)c(SC(C)C(=O)Nc2nc3ccc(C)cc3s2)n1. The van der Waals surface area contributed by atoms with Crippen LogP contribution in [0.15, 0.2) is 35.4 Å². The van der Waals surface area contributed by atoms with E-state index in [1.807, 2.05) is 32.0 Å². The summed E-state index contributed by atoms with van der Waals surface area (Å²) in [6.07, 6.45) is 1.83. The standard InChI is InChI=1S/C20H20N4OS2/c1-4-5-15-8-7-14(11-21)19(22-15)26-13(3)18(25)24-20-23-16-9-6-12(2)10-17(16)27-20/h6-10,13H,4-5H2,1-3H3,(H,23,24,25). The zero-order valence-electron chi connectivity index (χ0n) is 15.4. The van der Waals surface area contributed by atoms with Crippen molar-refractivity contribution in [2.75, 3.05) is 5.32 Å². The predicted octanol–water partition coefficient (Wildman–Crippen LogP) is 4.94. The summed E-state index contributed by atoms with van der Waals surface area (Å²) in [5, 5.41) is 13.0. The number of carbonyl (C=O) groups is 1. The van der Waals surface area contributed by atoms with Crippen molar-refractivity contribution in [3.63, 3.8) is 0 Å². The third-order valence-electron chi connectivity index (χ3n) is 3.98. The Labute approximate surface area is 166 Å². The van der Waals surface area contributed by atoms with Crippen LogP contribution in [0, 0.1) is 18.3 Å². The third-order valence-corrected chi connectivity index (χ3v) is 6.01. The smallest absolute Gasteiger partial charge is 0.239 e. The van der Waals surface area contributed by atoms with Crippen LogP contribution in [-0.2, 0) is 11.2 Å². The fourth-order valence-corrected chi connectivity index (χ4v) is 4.44. The van der Waals surface area contributed by atoms with Crippen molar-refractivity contribution in [2.24, 2.45) is 0 Å². The highest BCUT2D eigenvalue weighted by Gasteiger charge is 2.19. The Kier molecular flexibility index (Phi) is 6.09. The van der Waals surface area contributed by atoms with E-state index in [1.54, 1.807) is 6.07 Å². The number of thiazole rings is 1. The molecule has 0 radical (unpaired) electrons. The summed E-state index contributed by atoms with van der Waals surface area (Å²) in [4.78, 5) is 21.6. The van der Waals surface area contributed by atoms with E-state index in [-0.39, 0.29) is 5.91 Å². The maximum Gasteiger partial charge on any atom is 0.239 e. The van der Waals surface area contributed by atoms with E-state index in [2.05, 4.69) is 34.3 Å². The van der Waals surface area contributed by atoms with Gasteiger partial charge in [-0.25, -0.2) is 9.97 Å². The zero-order valence-corrected chi connectivity index (χ0v) is 17.1. The molecular weight excluding hydrogens is 376 g/mol. The number of aryl methyl sites for hydroxylation is 2. The molecule has 0 bridgehead atoms. The first-order valence-corrected chi connectivity index (χ1v) is 10.4. The molecule has 0 spiro atoms. The molecule has 3 rings (SSSR count). The Morgan fingerprint density at radius 3 is 2.89 bits per heavy atom. The second kappa shape index (κ2) is 8.51. The number of nitriles is 1. The molecule has 2 aromatic heterocycles. The highest BCUT2D eigenvalue weighted by atomic mass is 32.2. The molecule has 7 heteroatoms. The van der Waals surface area contributed by atoms with Gasteiger partial charge < -0.3 is 5.32 Å². The average molecular weight is 397 g/mol. The summed E-state index contributed by atoms with van der Waals surface area (Å²) in [5.41, 5.74) is 3.47. The van der Waals surface area contributed by atoms with Crippen LogP contribution in [0.25, 0.3) is 10.2 Å². The molecule has 1 atom stereocenters. The lowest BCUT2D eigenvalue weighted by Crippen LogP contribution is -2.22. The zero-order chi connectivity index (χ0) is 19.4. The van der Waals surface area contributed by atoms with Crippen LogP contribution in [0.2, 0.25) is 0 Å². The maximum atomic E-state index is 12.6. The molecule has 5 nitrogen and oxygen atoms in total. The average Bonchev–Trinajstić information content (AvgIpc) is 3.03. The lowest BCUT2D eigenvalue weighted by atomic mass is 10.2. The molecule has 0 saturated heterocycles. The summed E-state index contributed by atoms with van der Waals surface area (Å²) in [7, 11) is 0. The van der Waals surface area contributed by atoms with Crippen LogP contribution in [0.3, 0.4) is 0 Å². The molecule has 1 aromatic carbocycles. The van der Waals surface area contributed by atoms with Gasteiger partial charge in [-0.1, -0.05) is 42.5 Å². The van der Waals surface area contributed by atoms with Crippen molar-refractivity contribution in [3.8, 4) is 6.07 Å². The molecule has 27 heavy (non-hydrogen) atoms. The Morgan fingerprint density at radius 2 is 2.15 bits per heavy atom. The van der Waals surface area contributed by atoms with Gasteiger partial charge in [0.1, 0.15) is 11.1 Å². The molecular formula is C20H20N4OS2. The van der Waals surface area contributed by atoms with Gasteiger partial charge in [0.25, 0.3) is 0 Å². The number of thioether (sulfide) groups is 1. The van der Waals surface area contributed by atoms with Gasteiger partial charge in [0.2, 0.25) is 5.91 Å². The Morgan fingerprint density at radius 1 is 1.33 bits per heavy atom. The quantitative estimate of drug-likeness (QED) is 0.597. The molecule has 0 fully saturated rings. The number of pyridine rings is 1. The first-order chi connectivity index (χ1) is 13.0. The predicted molar refractivity (Wildman–Crippen MR) is 111 cm³/mol. The van der Waals surface area contributed by atoms with Crippen LogP contribution >= 0.6 is 23.1 Å². The van der Waals surface area contributed by atoms with Crippen molar-refractivity contribution >= 4 is 44.4 Å². The topological polar surface area (TPSA) is 78.7 Å². The van der Waals surface area contributed by atoms with Crippen LogP contribution in [0.1, 0.15) is 37.1 Å². The number of hydrogen-bond donors (Lipinski definition) is 1. The van der Waals surface area contributed by atoms with E-state index >= 15 is 0 Å². The first-order valence-electron chi connectivity index (χ1n) is 8.75. The molecule has 2 heterocycles. The van der Waals surface area contributed by atoms with Crippen LogP contribution in [0.5, 0.6) is 0 Å². The lowest BCUT2D eigenvalue weighted by molar-refractivity contribution is -0.115. The highest BCUT2D eigenvalue weighted by Crippen LogP contribution is 2.29. The van der Waals surface area contributed by atoms with Crippen LogP contribution in [-0.4, -0.2) is 21.1 Å². The van der Waals surface area contributed by atoms with E-state index in [0.29, 0.717) is 15.7 Å². The molecule has 0 aliphatic rings. The van der Waals surface area contributed by atoms with E-state index < -0.39 is 5.25 Å². The largest absolute Gasteiger partial charge is 0.301 e. The van der Waals surface area contributed by atoms with E-state index in [1.165, 1.54) is 23.1 Å². The molecule has 0 aliphatic carbocycles. The van der Waals surface area contributed by atoms with Gasteiger partial charge in [-0.2, -0.15) is 5.26 Å². The minimum atomic E-state index is -0.393. The Balaban J connectivity index is 1.73. The molecule has 138 valence electrons. The number of anilines is 1. The molecule has 1 unspecified atom stereocenters. The summed E-state index contributed by atoms with van der Waals surface area (Å²) in [5.74, 6) is -0.151. The molecule has 0 saturated carbocycles. The van der Waals surface area contributed by atoms with Crippen molar-refractivity contribution in [1.82, 2.24) is 9.97 Å². The summed E-state index contributed by atoms with van der Waals surface area (Å²) >= 11 is 2.76. The van der Waals surface area contributed by atoms with Crippen molar-refractivity contribution in [2.45, 2.75) is 43.9 Å². The van der Waals surface area contributed by atoms with E-state index in [9.17, 15) is 10.1 Å². The Bertz CT molecular complexity index is 1020. The van der Waals surface area contributed by atoms with Crippen molar-refractivity contribution in [3.05, 3.63) is 47.2 Å². The Hall–Kier alpha value is -2.43. The van der Waals surface area contributed by atoms with Crippen LogP contribution < -0.4 is 5.32 Å². The number of aromatic nitrogens is 2. The number of amides is 1. The van der Waals surface area contributed by atoms with Gasteiger partial charge in [-0.15, -0.1) is 0 Å². The van der Waals surface area contributed by atoms with Gasteiger partial charge >= 0.3 is 0 Å². The normalized spacial score (nSPS) is 11.9. The fourth-order valence-electron chi connectivity index (χ4n) is 2.56. The monoisotopic (exact) mass is 396 g/mol. The lowest BCUT2D eigenvalue weighted by Gasteiger charge is -2.11. The van der Waals surface area contributed by atoms with E-state index in [4.69, 9.17) is 0 Å². The minimum absolute atomic E-state index is 0.151. The molecule has 1 amide bonds. The molecule has 3 aromatic rings. The molecule has 1 N–H and O–H groups in total. The van der Waals surface area contributed by atoms with Crippen molar-refractivity contribution < 1.29 is 4.79 Å². The number of rotatable bonds is 6. The minimum Gasteiger partial charge on any atom is -0.301 e. The third kappa shape index (κ3) is 4.65. The number of benzene rings is 1. The highest BCUT2D eigenvalue weighted by molar-refractivity contribution is 8.00.